The van der Waals surface area contributed by atoms with E-state index in [1.807, 2.05) is 0 Å². The van der Waals surface area contributed by atoms with Crippen LogP contribution in [0.5, 0.6) is 0 Å². The van der Waals surface area contributed by atoms with Crippen molar-refractivity contribution in [3.8, 4) is 0 Å². The van der Waals surface area contributed by atoms with Crippen LogP contribution in [0.4, 0.5) is 0 Å². The van der Waals surface area contributed by atoms with E-state index in [1.54, 1.807) is 0 Å². The second kappa shape index (κ2) is 13.5. The maximum absolute atomic E-state index is 10.6. The molecule has 0 amide bonds. The van der Waals surface area contributed by atoms with Crippen LogP contribution in [-0.2, 0) is 4.79 Å². The topological polar surface area (TPSA) is 17.1 Å². The number of hydrogen-bond acceptors (Lipinski definition) is 2. The zero-order chi connectivity index (χ0) is 13.6. The highest BCUT2D eigenvalue weighted by Crippen LogP contribution is 2.17. The van der Waals surface area contributed by atoms with Gasteiger partial charge in [-0.3, -0.25) is 0 Å². The van der Waals surface area contributed by atoms with Gasteiger partial charge in [-0.25, -0.2) is 0 Å². The highest BCUT2D eigenvalue weighted by molar-refractivity contribution is 7.81. The standard InChI is InChI=1S/C16H32OS/c1-3-4-5-6-7-8-9-10-11-12-13-15(2)16(18)14-17/h14-16,18H,3-13H2,1-2H3. The first-order valence-corrected chi connectivity index (χ1v) is 8.37. The van der Waals surface area contributed by atoms with Crippen molar-refractivity contribution < 1.29 is 4.79 Å². The molecule has 0 spiro atoms. The molecule has 0 saturated carbocycles. The van der Waals surface area contributed by atoms with Gasteiger partial charge in [0.2, 0.25) is 0 Å². The van der Waals surface area contributed by atoms with Crippen LogP contribution in [-0.4, -0.2) is 11.5 Å². The summed E-state index contributed by atoms with van der Waals surface area (Å²) in [5.41, 5.74) is 0. The summed E-state index contributed by atoms with van der Waals surface area (Å²) in [6.45, 7) is 4.39. The summed E-state index contributed by atoms with van der Waals surface area (Å²) in [4.78, 5) is 10.6. The lowest BCUT2D eigenvalue weighted by Gasteiger charge is -2.12. The van der Waals surface area contributed by atoms with E-state index < -0.39 is 0 Å². The Morgan fingerprint density at radius 1 is 0.889 bits per heavy atom. The van der Waals surface area contributed by atoms with Crippen molar-refractivity contribution in [1.82, 2.24) is 0 Å². The van der Waals surface area contributed by atoms with Gasteiger partial charge < -0.3 is 4.79 Å². The zero-order valence-corrected chi connectivity index (χ0v) is 13.3. The molecule has 0 aromatic heterocycles. The fourth-order valence-corrected chi connectivity index (χ4v) is 2.41. The van der Waals surface area contributed by atoms with Crippen LogP contribution in [0.3, 0.4) is 0 Å². The van der Waals surface area contributed by atoms with Gasteiger partial charge in [0.1, 0.15) is 6.29 Å². The van der Waals surface area contributed by atoms with E-state index in [0.717, 1.165) is 12.7 Å². The number of carbonyl (C=O) groups excluding carboxylic acids is 1. The van der Waals surface area contributed by atoms with Crippen molar-refractivity contribution in [2.24, 2.45) is 5.92 Å². The smallest absolute Gasteiger partial charge is 0.132 e. The zero-order valence-electron chi connectivity index (χ0n) is 12.4. The van der Waals surface area contributed by atoms with E-state index >= 15 is 0 Å². The molecule has 2 heteroatoms. The van der Waals surface area contributed by atoms with Gasteiger partial charge in [0.15, 0.2) is 0 Å². The number of aldehydes is 1. The van der Waals surface area contributed by atoms with Gasteiger partial charge in [-0.15, -0.1) is 0 Å². The normalized spacial score (nSPS) is 14.4. The SMILES string of the molecule is CCCCCCCCCCCCC(C)C(S)C=O. The molecule has 2 atom stereocenters. The summed E-state index contributed by atoms with van der Waals surface area (Å²) < 4.78 is 0. The van der Waals surface area contributed by atoms with E-state index in [1.165, 1.54) is 64.2 Å². The maximum atomic E-state index is 10.6. The average molecular weight is 272 g/mol. The fraction of sp³-hybridized carbons (Fsp3) is 0.938. The van der Waals surface area contributed by atoms with Crippen LogP contribution in [0.2, 0.25) is 0 Å². The highest BCUT2D eigenvalue weighted by atomic mass is 32.1. The molecule has 0 fully saturated rings. The minimum Gasteiger partial charge on any atom is -0.302 e. The molecule has 0 heterocycles. The highest BCUT2D eigenvalue weighted by Gasteiger charge is 2.10. The molecule has 1 nitrogen and oxygen atoms in total. The summed E-state index contributed by atoms with van der Waals surface area (Å²) in [7, 11) is 0. The Kier molecular flexibility index (Phi) is 13.5. The second-order valence-corrected chi connectivity index (χ2v) is 6.17. The van der Waals surface area contributed by atoms with Gasteiger partial charge in [-0.05, 0) is 12.3 Å². The van der Waals surface area contributed by atoms with Gasteiger partial charge in [-0.2, -0.15) is 12.6 Å². The first-order valence-electron chi connectivity index (χ1n) is 7.85. The number of thiol groups is 1. The molecule has 0 saturated heterocycles. The summed E-state index contributed by atoms with van der Waals surface area (Å²) >= 11 is 4.26. The third-order valence-electron chi connectivity index (χ3n) is 3.74. The largest absolute Gasteiger partial charge is 0.302 e. The molecule has 108 valence electrons. The molecular weight excluding hydrogens is 240 g/mol. The third kappa shape index (κ3) is 11.1. The first kappa shape index (κ1) is 18.0. The van der Waals surface area contributed by atoms with E-state index in [-0.39, 0.29) is 5.25 Å². The Hall–Kier alpha value is 0.0200. The second-order valence-electron chi connectivity index (χ2n) is 5.57. The minimum atomic E-state index is -0.0661. The Morgan fingerprint density at radius 2 is 1.33 bits per heavy atom. The molecule has 0 aromatic carbocycles. The number of unbranched alkanes of at least 4 members (excludes halogenated alkanes) is 9. The molecule has 0 aromatic rings. The first-order chi connectivity index (χ1) is 8.72. The van der Waals surface area contributed by atoms with Crippen LogP contribution < -0.4 is 0 Å². The van der Waals surface area contributed by atoms with Crippen molar-refractivity contribution in [2.45, 2.75) is 89.7 Å². The van der Waals surface area contributed by atoms with Gasteiger partial charge in [-0.1, -0.05) is 78.1 Å². The molecule has 0 aliphatic carbocycles. The van der Waals surface area contributed by atoms with Gasteiger partial charge in [0.05, 0.1) is 5.25 Å². The third-order valence-corrected chi connectivity index (χ3v) is 4.37. The van der Waals surface area contributed by atoms with Crippen LogP contribution in [0.1, 0.15) is 84.5 Å². The predicted molar refractivity (Wildman–Crippen MR) is 84.5 cm³/mol. The Balaban J connectivity index is 3.14. The molecule has 0 rings (SSSR count). The number of carbonyl (C=O) groups is 1. The average Bonchev–Trinajstić information content (AvgIpc) is 2.39. The molecule has 0 aliphatic rings. The fourth-order valence-electron chi connectivity index (χ4n) is 2.26. The molecule has 2 unspecified atom stereocenters. The van der Waals surface area contributed by atoms with Crippen molar-refractivity contribution in [3.05, 3.63) is 0 Å². The van der Waals surface area contributed by atoms with E-state index in [2.05, 4.69) is 26.5 Å². The lowest BCUT2D eigenvalue weighted by atomic mass is 9.99. The number of hydrogen-bond donors (Lipinski definition) is 1. The predicted octanol–water partition coefficient (Wildman–Crippen LogP) is 5.43. The van der Waals surface area contributed by atoms with Gasteiger partial charge in [0, 0.05) is 0 Å². The Labute approximate surface area is 120 Å². The minimum absolute atomic E-state index is 0.0661. The Morgan fingerprint density at radius 3 is 1.78 bits per heavy atom. The van der Waals surface area contributed by atoms with Crippen molar-refractivity contribution in [1.29, 1.82) is 0 Å². The van der Waals surface area contributed by atoms with E-state index in [0.29, 0.717) is 5.92 Å². The molecule has 0 N–H and O–H groups in total. The molecule has 0 radical (unpaired) electrons. The van der Waals surface area contributed by atoms with Gasteiger partial charge >= 0.3 is 0 Å². The lowest BCUT2D eigenvalue weighted by molar-refractivity contribution is -0.108. The van der Waals surface area contributed by atoms with E-state index in [9.17, 15) is 4.79 Å². The molecular formula is C16H32OS. The number of rotatable bonds is 13. The lowest BCUT2D eigenvalue weighted by Crippen LogP contribution is -2.12. The monoisotopic (exact) mass is 272 g/mol. The molecule has 18 heavy (non-hydrogen) atoms. The Bertz CT molecular complexity index is 182. The quantitative estimate of drug-likeness (QED) is 0.269. The van der Waals surface area contributed by atoms with Crippen LogP contribution >= 0.6 is 12.6 Å². The summed E-state index contributed by atoms with van der Waals surface area (Å²) in [5, 5.41) is -0.0661. The van der Waals surface area contributed by atoms with Crippen LogP contribution in [0, 0.1) is 5.92 Å². The maximum Gasteiger partial charge on any atom is 0.132 e. The molecule has 0 aliphatic heterocycles. The van der Waals surface area contributed by atoms with Gasteiger partial charge in [0.25, 0.3) is 0 Å². The van der Waals surface area contributed by atoms with Crippen molar-refractivity contribution in [2.75, 3.05) is 0 Å². The van der Waals surface area contributed by atoms with Crippen molar-refractivity contribution >= 4 is 18.9 Å². The van der Waals surface area contributed by atoms with Crippen LogP contribution in [0.25, 0.3) is 0 Å². The summed E-state index contributed by atoms with van der Waals surface area (Å²) in [6.07, 6.45) is 15.8. The van der Waals surface area contributed by atoms with Crippen LogP contribution in [0.15, 0.2) is 0 Å². The molecule has 0 bridgehead atoms. The van der Waals surface area contributed by atoms with Crippen molar-refractivity contribution in [3.63, 3.8) is 0 Å². The summed E-state index contributed by atoms with van der Waals surface area (Å²) in [6, 6.07) is 0. The van der Waals surface area contributed by atoms with E-state index in [4.69, 9.17) is 0 Å². The summed E-state index contributed by atoms with van der Waals surface area (Å²) in [5.74, 6) is 0.430.